The summed E-state index contributed by atoms with van der Waals surface area (Å²) in [5.74, 6) is 1.63. The number of hydrogen-bond donors (Lipinski definition) is 4. The number of aromatic nitrogens is 3. The van der Waals surface area contributed by atoms with Gasteiger partial charge in [-0.25, -0.2) is 9.78 Å². The van der Waals surface area contributed by atoms with Crippen molar-refractivity contribution in [2.75, 3.05) is 16.4 Å². The number of nitrogens with one attached hydrogen (secondary N) is 3. The van der Waals surface area contributed by atoms with Crippen LogP contribution in [0.4, 0.5) is 22.1 Å². The van der Waals surface area contributed by atoms with E-state index in [0.29, 0.717) is 29.7 Å². The molecule has 0 unspecified atom stereocenters. The Balaban J connectivity index is 1.50. The Morgan fingerprint density at radius 2 is 1.84 bits per heavy atom. The number of H-pyrrole nitrogens is 1. The number of nitrogens with two attached hydrogens (primary N) is 1. The van der Waals surface area contributed by atoms with Crippen molar-refractivity contribution in [3.05, 3.63) is 72.1 Å². The predicted octanol–water partition coefficient (Wildman–Crippen LogP) is 5.06. The van der Waals surface area contributed by atoms with Gasteiger partial charge in [-0.2, -0.15) is 5.10 Å². The summed E-state index contributed by atoms with van der Waals surface area (Å²) in [6, 6.07) is 16.5. The number of rotatable bonds is 5. The maximum Gasteiger partial charge on any atom is 0.324 e. The summed E-state index contributed by atoms with van der Waals surface area (Å²) in [6.45, 7) is 6.58. The number of anilines is 3. The van der Waals surface area contributed by atoms with Crippen LogP contribution in [0.2, 0.25) is 0 Å². The molecule has 2 aromatic carbocycles. The van der Waals surface area contributed by atoms with Crippen molar-refractivity contribution in [1.29, 1.82) is 0 Å². The van der Waals surface area contributed by atoms with E-state index in [-0.39, 0.29) is 11.4 Å². The lowest BCUT2D eigenvalue weighted by molar-refractivity contribution is 0.262. The van der Waals surface area contributed by atoms with Crippen molar-refractivity contribution < 1.29 is 9.53 Å². The summed E-state index contributed by atoms with van der Waals surface area (Å²) >= 11 is 0. The number of ether oxygens (including phenoxy) is 1. The second kappa shape index (κ2) is 8.58. The van der Waals surface area contributed by atoms with E-state index in [4.69, 9.17) is 10.5 Å². The van der Waals surface area contributed by atoms with E-state index in [0.717, 1.165) is 22.0 Å². The fourth-order valence-electron chi connectivity index (χ4n) is 3.29. The lowest BCUT2D eigenvalue weighted by Gasteiger charge is -2.14. The standard InChI is InChI=1S/C24H26N6O2/c1-24(2,3)20-13-22(30-29-20)28-23(31)27-18-8-9-19(17-7-5-4-6-16(17)18)32-14-15-10-11-26-21(25)12-15/h4-13H,14H2,1-3H3,(H2,25,26)(H3,27,28,29,30,31). The van der Waals surface area contributed by atoms with Crippen molar-refractivity contribution in [3.8, 4) is 5.75 Å². The Bertz CT molecular complexity index is 1260. The molecule has 0 aliphatic carbocycles. The second-order valence-corrected chi connectivity index (χ2v) is 8.53. The minimum Gasteiger partial charge on any atom is -0.488 e. The number of fused-ring (bicyclic) bond motifs is 1. The Morgan fingerprint density at radius 3 is 2.56 bits per heavy atom. The van der Waals surface area contributed by atoms with E-state index in [1.54, 1.807) is 12.3 Å². The summed E-state index contributed by atoms with van der Waals surface area (Å²) in [6.07, 6.45) is 1.65. The molecule has 0 radical (unpaired) electrons. The molecule has 2 heterocycles. The van der Waals surface area contributed by atoms with Crippen molar-refractivity contribution in [1.82, 2.24) is 15.2 Å². The topological polar surface area (TPSA) is 118 Å². The van der Waals surface area contributed by atoms with E-state index in [1.165, 1.54) is 0 Å². The molecule has 0 bridgehead atoms. The van der Waals surface area contributed by atoms with Crippen molar-refractivity contribution in [2.45, 2.75) is 32.8 Å². The van der Waals surface area contributed by atoms with Crippen LogP contribution in [-0.2, 0) is 12.0 Å². The maximum absolute atomic E-state index is 12.6. The quantitative estimate of drug-likeness (QED) is 0.353. The number of hydrogen-bond acceptors (Lipinski definition) is 5. The summed E-state index contributed by atoms with van der Waals surface area (Å²) in [5, 5.41) is 14.6. The number of nitrogen functional groups attached to an aromatic ring is 1. The first-order chi connectivity index (χ1) is 15.3. The van der Waals surface area contributed by atoms with E-state index in [1.807, 2.05) is 48.5 Å². The third-order valence-electron chi connectivity index (χ3n) is 5.00. The van der Waals surface area contributed by atoms with E-state index >= 15 is 0 Å². The largest absolute Gasteiger partial charge is 0.488 e. The average molecular weight is 431 g/mol. The van der Waals surface area contributed by atoms with Gasteiger partial charge in [0.2, 0.25) is 0 Å². The summed E-state index contributed by atoms with van der Waals surface area (Å²) in [7, 11) is 0. The first-order valence-corrected chi connectivity index (χ1v) is 10.3. The molecule has 0 saturated carbocycles. The molecule has 8 nitrogen and oxygen atoms in total. The normalized spacial score (nSPS) is 11.3. The second-order valence-electron chi connectivity index (χ2n) is 8.53. The van der Waals surface area contributed by atoms with Crippen LogP contribution < -0.4 is 21.1 Å². The Labute approximate surface area is 186 Å². The number of carbonyl (C=O) groups excluding carboxylic acids is 1. The van der Waals surface area contributed by atoms with Crippen LogP contribution in [0, 0.1) is 0 Å². The first kappa shape index (κ1) is 21.2. The zero-order chi connectivity index (χ0) is 22.7. The van der Waals surface area contributed by atoms with Gasteiger partial charge in [0.05, 0.1) is 5.69 Å². The zero-order valence-electron chi connectivity index (χ0n) is 18.3. The lowest BCUT2D eigenvalue weighted by Crippen LogP contribution is -2.19. The Hall–Kier alpha value is -4.07. The predicted molar refractivity (Wildman–Crippen MR) is 127 cm³/mol. The molecule has 4 aromatic rings. The number of pyridine rings is 1. The lowest BCUT2D eigenvalue weighted by atomic mass is 9.92. The third kappa shape index (κ3) is 4.80. The number of urea groups is 1. The molecule has 0 atom stereocenters. The van der Waals surface area contributed by atoms with Gasteiger partial charge in [0.1, 0.15) is 18.2 Å². The fraction of sp³-hybridized carbons (Fsp3) is 0.208. The van der Waals surface area contributed by atoms with Gasteiger partial charge in [-0.1, -0.05) is 45.0 Å². The number of carbonyl (C=O) groups is 1. The van der Waals surface area contributed by atoms with Crippen LogP contribution in [-0.4, -0.2) is 21.2 Å². The highest BCUT2D eigenvalue weighted by Crippen LogP contribution is 2.32. The molecular formula is C24H26N6O2. The van der Waals surface area contributed by atoms with Crippen molar-refractivity contribution in [3.63, 3.8) is 0 Å². The summed E-state index contributed by atoms with van der Waals surface area (Å²) in [5.41, 5.74) is 8.20. The van der Waals surface area contributed by atoms with Gasteiger partial charge in [0.15, 0.2) is 5.82 Å². The Kier molecular flexibility index (Phi) is 5.68. The van der Waals surface area contributed by atoms with Gasteiger partial charge in [-0.3, -0.25) is 10.4 Å². The molecule has 0 saturated heterocycles. The molecular weight excluding hydrogens is 404 g/mol. The number of benzene rings is 2. The molecule has 32 heavy (non-hydrogen) atoms. The zero-order valence-corrected chi connectivity index (χ0v) is 18.3. The number of aromatic amines is 1. The first-order valence-electron chi connectivity index (χ1n) is 10.3. The molecule has 8 heteroatoms. The van der Waals surface area contributed by atoms with Crippen molar-refractivity contribution >= 4 is 34.1 Å². The molecule has 4 rings (SSSR count). The molecule has 0 aliphatic heterocycles. The highest BCUT2D eigenvalue weighted by molar-refractivity contribution is 6.07. The molecule has 0 spiro atoms. The van der Waals surface area contributed by atoms with Gasteiger partial charge < -0.3 is 15.8 Å². The Morgan fingerprint density at radius 1 is 1.06 bits per heavy atom. The van der Waals surface area contributed by atoms with E-state index in [2.05, 4.69) is 46.6 Å². The van der Waals surface area contributed by atoms with Crippen LogP contribution in [0.25, 0.3) is 10.8 Å². The third-order valence-corrected chi connectivity index (χ3v) is 5.00. The van der Waals surface area contributed by atoms with Gasteiger partial charge >= 0.3 is 6.03 Å². The minimum atomic E-state index is -0.372. The van der Waals surface area contributed by atoms with Crippen LogP contribution in [0.1, 0.15) is 32.0 Å². The van der Waals surface area contributed by atoms with Gasteiger partial charge in [-0.05, 0) is 29.8 Å². The van der Waals surface area contributed by atoms with Crippen LogP contribution in [0.5, 0.6) is 5.75 Å². The van der Waals surface area contributed by atoms with Gasteiger partial charge in [-0.15, -0.1) is 0 Å². The van der Waals surface area contributed by atoms with Crippen LogP contribution >= 0.6 is 0 Å². The average Bonchev–Trinajstić information content (AvgIpc) is 3.22. The summed E-state index contributed by atoms with van der Waals surface area (Å²) in [4.78, 5) is 16.6. The molecule has 5 N–H and O–H groups in total. The van der Waals surface area contributed by atoms with E-state index in [9.17, 15) is 4.79 Å². The van der Waals surface area contributed by atoms with E-state index < -0.39 is 0 Å². The molecule has 0 fully saturated rings. The number of nitrogens with zero attached hydrogens (tertiary/aromatic N) is 2. The molecule has 0 aliphatic rings. The minimum absolute atomic E-state index is 0.0859. The highest BCUT2D eigenvalue weighted by atomic mass is 16.5. The molecule has 164 valence electrons. The summed E-state index contributed by atoms with van der Waals surface area (Å²) < 4.78 is 6.02. The highest BCUT2D eigenvalue weighted by Gasteiger charge is 2.17. The fourth-order valence-corrected chi connectivity index (χ4v) is 3.29. The molecule has 2 amide bonds. The van der Waals surface area contributed by atoms with Gasteiger partial charge in [0, 0.05) is 34.1 Å². The van der Waals surface area contributed by atoms with Crippen LogP contribution in [0.15, 0.2) is 60.8 Å². The van der Waals surface area contributed by atoms with Crippen molar-refractivity contribution in [2.24, 2.45) is 0 Å². The number of amides is 2. The smallest absolute Gasteiger partial charge is 0.324 e. The molecule has 2 aromatic heterocycles. The maximum atomic E-state index is 12.6. The monoisotopic (exact) mass is 430 g/mol. The van der Waals surface area contributed by atoms with Gasteiger partial charge in [0.25, 0.3) is 0 Å². The SMILES string of the molecule is CC(C)(C)c1cc(NC(=O)Nc2ccc(OCc3ccnc(N)c3)c3ccccc23)n[nH]1. The van der Waals surface area contributed by atoms with Crippen LogP contribution in [0.3, 0.4) is 0 Å².